The second kappa shape index (κ2) is 7.75. The molecule has 124 valence electrons. The van der Waals surface area contributed by atoms with Gasteiger partial charge in [-0.2, -0.15) is 0 Å². The molecule has 3 aromatic rings. The highest BCUT2D eigenvalue weighted by Gasteiger charge is 2.09. The molecule has 0 spiro atoms. The summed E-state index contributed by atoms with van der Waals surface area (Å²) in [5.41, 5.74) is 3.15. The Morgan fingerprint density at radius 3 is 2.12 bits per heavy atom. The molecule has 0 amide bonds. The molecule has 1 heterocycles. The van der Waals surface area contributed by atoms with Crippen LogP contribution in [0.1, 0.15) is 0 Å². The third kappa shape index (κ3) is 3.43. The summed E-state index contributed by atoms with van der Waals surface area (Å²) in [6.45, 7) is 1.12. The average Bonchev–Trinajstić information content (AvgIpc) is 2.62. The molecule has 0 unspecified atom stereocenters. The van der Waals surface area contributed by atoms with Crippen LogP contribution in [0, 0.1) is 0 Å². The number of aromatic nitrogens is 1. The zero-order valence-corrected chi connectivity index (χ0v) is 14.8. The SMILES string of the molecule is OCCN(CCO)c1ccc(-c2cnc(Br)c3ccccc23)cc1. The fourth-order valence-corrected chi connectivity index (χ4v) is 3.30. The minimum Gasteiger partial charge on any atom is -0.395 e. The first kappa shape index (κ1) is 16.9. The van der Waals surface area contributed by atoms with Crippen LogP contribution >= 0.6 is 15.9 Å². The quantitative estimate of drug-likeness (QED) is 0.637. The van der Waals surface area contributed by atoms with Gasteiger partial charge >= 0.3 is 0 Å². The van der Waals surface area contributed by atoms with E-state index in [1.165, 1.54) is 0 Å². The molecule has 0 radical (unpaired) electrons. The molecule has 0 aliphatic rings. The lowest BCUT2D eigenvalue weighted by molar-refractivity contribution is 0.281. The molecule has 0 aliphatic carbocycles. The molecular formula is C19H19BrN2O2. The van der Waals surface area contributed by atoms with E-state index in [4.69, 9.17) is 10.2 Å². The number of rotatable bonds is 6. The Hall–Kier alpha value is -1.95. The summed E-state index contributed by atoms with van der Waals surface area (Å²) in [5, 5.41) is 20.6. The molecule has 0 fully saturated rings. The number of nitrogens with zero attached hydrogens (tertiary/aromatic N) is 2. The molecule has 0 atom stereocenters. The van der Waals surface area contributed by atoms with Crippen LogP contribution in [0.3, 0.4) is 0 Å². The van der Waals surface area contributed by atoms with Crippen molar-refractivity contribution in [1.29, 1.82) is 0 Å². The van der Waals surface area contributed by atoms with Crippen LogP contribution in [0.2, 0.25) is 0 Å². The van der Waals surface area contributed by atoms with Crippen LogP contribution in [0.5, 0.6) is 0 Å². The maximum absolute atomic E-state index is 9.17. The lowest BCUT2D eigenvalue weighted by atomic mass is 10.0. The van der Waals surface area contributed by atoms with Crippen molar-refractivity contribution >= 4 is 32.4 Å². The number of halogens is 1. The highest BCUT2D eigenvalue weighted by Crippen LogP contribution is 2.32. The largest absolute Gasteiger partial charge is 0.395 e. The van der Waals surface area contributed by atoms with Gasteiger partial charge in [-0.1, -0.05) is 36.4 Å². The number of anilines is 1. The molecular weight excluding hydrogens is 368 g/mol. The first-order valence-corrected chi connectivity index (χ1v) is 8.64. The van der Waals surface area contributed by atoms with Crippen molar-refractivity contribution in [3.05, 3.63) is 59.3 Å². The summed E-state index contributed by atoms with van der Waals surface area (Å²) >= 11 is 3.50. The van der Waals surface area contributed by atoms with E-state index in [1.54, 1.807) is 0 Å². The van der Waals surface area contributed by atoms with Crippen LogP contribution in [0.15, 0.2) is 59.3 Å². The minimum atomic E-state index is 0.0586. The normalized spacial score (nSPS) is 11.0. The highest BCUT2D eigenvalue weighted by atomic mass is 79.9. The van der Waals surface area contributed by atoms with E-state index in [2.05, 4.69) is 45.2 Å². The van der Waals surface area contributed by atoms with Gasteiger partial charge in [0.2, 0.25) is 0 Å². The van der Waals surface area contributed by atoms with Crippen molar-refractivity contribution in [2.24, 2.45) is 0 Å². The molecule has 24 heavy (non-hydrogen) atoms. The number of hydrogen-bond acceptors (Lipinski definition) is 4. The fraction of sp³-hybridized carbons (Fsp3) is 0.211. The Kier molecular flexibility index (Phi) is 5.45. The van der Waals surface area contributed by atoms with Gasteiger partial charge in [-0.05, 0) is 39.0 Å². The lowest BCUT2D eigenvalue weighted by Crippen LogP contribution is -2.29. The van der Waals surface area contributed by atoms with Crippen molar-refractivity contribution in [3.8, 4) is 11.1 Å². The molecule has 3 rings (SSSR count). The average molecular weight is 387 g/mol. The van der Waals surface area contributed by atoms with E-state index in [1.807, 2.05) is 35.4 Å². The van der Waals surface area contributed by atoms with Crippen molar-refractivity contribution in [2.45, 2.75) is 0 Å². The number of fused-ring (bicyclic) bond motifs is 1. The third-order valence-electron chi connectivity index (χ3n) is 4.03. The number of aliphatic hydroxyl groups is 2. The summed E-state index contributed by atoms with van der Waals surface area (Å²) in [5.74, 6) is 0. The van der Waals surface area contributed by atoms with E-state index >= 15 is 0 Å². The summed E-state index contributed by atoms with van der Waals surface area (Å²) in [6, 6.07) is 16.3. The van der Waals surface area contributed by atoms with Crippen molar-refractivity contribution in [1.82, 2.24) is 4.98 Å². The summed E-state index contributed by atoms with van der Waals surface area (Å²) in [4.78, 5) is 6.40. The van der Waals surface area contributed by atoms with E-state index in [-0.39, 0.29) is 13.2 Å². The predicted octanol–water partition coefficient (Wildman–Crippen LogP) is 3.46. The number of pyridine rings is 1. The Labute approximate surface area is 149 Å². The lowest BCUT2D eigenvalue weighted by Gasteiger charge is -2.23. The van der Waals surface area contributed by atoms with Gasteiger partial charge in [0.1, 0.15) is 4.60 Å². The fourth-order valence-electron chi connectivity index (χ4n) is 2.85. The molecule has 2 N–H and O–H groups in total. The monoisotopic (exact) mass is 386 g/mol. The van der Waals surface area contributed by atoms with Gasteiger partial charge in [0.05, 0.1) is 13.2 Å². The molecule has 0 bridgehead atoms. The minimum absolute atomic E-state index is 0.0586. The summed E-state index contributed by atoms with van der Waals surface area (Å²) in [7, 11) is 0. The van der Waals surface area contributed by atoms with Crippen LogP contribution in [0.4, 0.5) is 5.69 Å². The smallest absolute Gasteiger partial charge is 0.113 e. The number of hydrogen-bond donors (Lipinski definition) is 2. The van der Waals surface area contributed by atoms with Gasteiger partial charge < -0.3 is 15.1 Å². The Morgan fingerprint density at radius 2 is 1.50 bits per heavy atom. The summed E-state index contributed by atoms with van der Waals surface area (Å²) in [6.07, 6.45) is 1.88. The van der Waals surface area contributed by atoms with Gasteiger partial charge in [0, 0.05) is 35.9 Å². The topological polar surface area (TPSA) is 56.6 Å². The van der Waals surface area contributed by atoms with Gasteiger partial charge in [0.15, 0.2) is 0 Å². The first-order chi connectivity index (χ1) is 11.7. The third-order valence-corrected chi connectivity index (χ3v) is 4.66. The standard InChI is InChI=1S/C19H19BrN2O2/c20-19-17-4-2-1-3-16(17)18(13-21-19)14-5-7-15(8-6-14)22(9-11-23)10-12-24/h1-8,13,23-24H,9-12H2. The maximum Gasteiger partial charge on any atom is 0.113 e. The van der Waals surface area contributed by atoms with Crippen LogP contribution < -0.4 is 4.90 Å². The zero-order chi connectivity index (χ0) is 16.9. The van der Waals surface area contributed by atoms with E-state index in [0.29, 0.717) is 13.1 Å². The second-order valence-corrected chi connectivity index (χ2v) is 6.24. The van der Waals surface area contributed by atoms with E-state index in [9.17, 15) is 0 Å². The second-order valence-electron chi connectivity index (χ2n) is 5.49. The van der Waals surface area contributed by atoms with Gasteiger partial charge in [0.25, 0.3) is 0 Å². The molecule has 0 saturated heterocycles. The molecule has 0 saturated carbocycles. The van der Waals surface area contributed by atoms with Crippen LogP contribution in [0.25, 0.3) is 21.9 Å². The molecule has 2 aromatic carbocycles. The number of aliphatic hydroxyl groups excluding tert-OH is 2. The molecule has 0 aliphatic heterocycles. The maximum atomic E-state index is 9.17. The van der Waals surface area contributed by atoms with Crippen LogP contribution in [-0.2, 0) is 0 Å². The Bertz CT molecular complexity index is 815. The highest BCUT2D eigenvalue weighted by molar-refractivity contribution is 9.10. The van der Waals surface area contributed by atoms with Gasteiger partial charge in [-0.3, -0.25) is 0 Å². The number of benzene rings is 2. The van der Waals surface area contributed by atoms with Crippen molar-refractivity contribution < 1.29 is 10.2 Å². The van der Waals surface area contributed by atoms with Gasteiger partial charge in [-0.25, -0.2) is 4.98 Å². The summed E-state index contributed by atoms with van der Waals surface area (Å²) < 4.78 is 0.843. The zero-order valence-electron chi connectivity index (χ0n) is 13.2. The predicted molar refractivity (Wildman–Crippen MR) is 101 cm³/mol. The van der Waals surface area contributed by atoms with Crippen LogP contribution in [-0.4, -0.2) is 41.5 Å². The van der Waals surface area contributed by atoms with Crippen molar-refractivity contribution in [3.63, 3.8) is 0 Å². The van der Waals surface area contributed by atoms with Gasteiger partial charge in [-0.15, -0.1) is 0 Å². The molecule has 4 nitrogen and oxygen atoms in total. The first-order valence-electron chi connectivity index (χ1n) is 7.85. The van der Waals surface area contributed by atoms with Crippen molar-refractivity contribution in [2.75, 3.05) is 31.2 Å². The molecule has 1 aromatic heterocycles. The van der Waals surface area contributed by atoms with E-state index < -0.39 is 0 Å². The molecule has 5 heteroatoms. The Morgan fingerprint density at radius 1 is 0.875 bits per heavy atom. The Balaban J connectivity index is 1.98. The van der Waals surface area contributed by atoms with E-state index in [0.717, 1.165) is 32.2 Å².